The van der Waals surface area contributed by atoms with Gasteiger partial charge in [0.2, 0.25) is 0 Å². The maximum atomic E-state index is 4.01. The first-order chi connectivity index (χ1) is 13.6. The highest BCUT2D eigenvalue weighted by Crippen LogP contribution is 2.35. The third-order valence-electron chi connectivity index (χ3n) is 5.34. The second-order valence-electron chi connectivity index (χ2n) is 7.27. The van der Waals surface area contributed by atoms with Crippen molar-refractivity contribution in [2.75, 3.05) is 0 Å². The predicted octanol–water partition coefficient (Wildman–Crippen LogP) is 7.75. The van der Waals surface area contributed by atoms with E-state index in [0.29, 0.717) is 0 Å². The van der Waals surface area contributed by atoms with Gasteiger partial charge in [0.25, 0.3) is 0 Å². The van der Waals surface area contributed by atoms with Gasteiger partial charge in [-0.25, -0.2) is 0 Å². The van der Waals surface area contributed by atoms with E-state index in [1.807, 2.05) is 19.1 Å². The van der Waals surface area contributed by atoms with Gasteiger partial charge < -0.3 is 4.98 Å². The van der Waals surface area contributed by atoms with Crippen molar-refractivity contribution in [2.45, 2.75) is 20.8 Å². The monoisotopic (exact) mass is 363 g/mol. The van der Waals surface area contributed by atoms with Gasteiger partial charge in [-0.05, 0) is 78.4 Å². The summed E-state index contributed by atoms with van der Waals surface area (Å²) in [6.07, 6.45) is 8.14. The third kappa shape index (κ3) is 3.10. The van der Waals surface area contributed by atoms with Crippen molar-refractivity contribution < 1.29 is 0 Å². The molecule has 0 unspecified atom stereocenters. The molecule has 4 aromatic rings. The Kier molecular flexibility index (Phi) is 4.75. The van der Waals surface area contributed by atoms with Crippen LogP contribution in [0.1, 0.15) is 23.6 Å². The van der Waals surface area contributed by atoms with Crippen molar-refractivity contribution in [3.05, 3.63) is 102 Å². The minimum Gasteiger partial charge on any atom is -0.354 e. The Hall–Kier alpha value is -3.32. The van der Waals surface area contributed by atoms with Crippen molar-refractivity contribution in [2.24, 2.45) is 0 Å². The van der Waals surface area contributed by atoms with Gasteiger partial charge >= 0.3 is 0 Å². The molecule has 0 aliphatic carbocycles. The summed E-state index contributed by atoms with van der Waals surface area (Å²) < 4.78 is 0. The molecule has 0 saturated heterocycles. The Balaban J connectivity index is 2.01. The molecule has 0 atom stereocenters. The van der Waals surface area contributed by atoms with E-state index in [9.17, 15) is 0 Å². The molecule has 0 bridgehead atoms. The lowest BCUT2D eigenvalue weighted by Gasteiger charge is -2.07. The number of aryl methyl sites for hydroxylation is 2. The molecular weight excluding hydrogens is 338 g/mol. The Labute approximate surface area is 166 Å². The number of H-pyrrole nitrogens is 1. The van der Waals surface area contributed by atoms with E-state index in [4.69, 9.17) is 0 Å². The van der Waals surface area contributed by atoms with Gasteiger partial charge in [-0.2, -0.15) is 0 Å². The normalized spacial score (nSPS) is 12.3. The molecule has 0 amide bonds. The van der Waals surface area contributed by atoms with Crippen LogP contribution in [0.3, 0.4) is 0 Å². The zero-order chi connectivity index (χ0) is 19.7. The summed E-state index contributed by atoms with van der Waals surface area (Å²) in [7, 11) is 0. The van der Waals surface area contributed by atoms with Crippen LogP contribution in [0.4, 0.5) is 0 Å². The number of hydrogen-bond acceptors (Lipinski definition) is 0. The molecule has 0 spiro atoms. The molecule has 138 valence electrons. The fraction of sp³-hybridized carbons (Fsp3) is 0.111. The Bertz CT molecular complexity index is 1230. The standard InChI is InChI=1S/C27H25N/c1-5-7-11-20(6-2)22-14-18(3)26-24(16-22)25-17-23(15-19(4)27(25)28-26)21-12-9-8-10-13-21/h5-17,28H,2H2,1,3-4H3/b7-5-,20-11+. The molecule has 1 heteroatoms. The third-order valence-corrected chi connectivity index (χ3v) is 5.34. The van der Waals surface area contributed by atoms with Crippen molar-refractivity contribution >= 4 is 27.4 Å². The molecule has 4 rings (SSSR count). The predicted molar refractivity (Wildman–Crippen MR) is 124 cm³/mol. The number of allylic oxidation sites excluding steroid dienone is 5. The molecule has 28 heavy (non-hydrogen) atoms. The average molecular weight is 364 g/mol. The van der Waals surface area contributed by atoms with E-state index in [1.165, 1.54) is 49.6 Å². The van der Waals surface area contributed by atoms with E-state index >= 15 is 0 Å². The topological polar surface area (TPSA) is 15.8 Å². The summed E-state index contributed by atoms with van der Waals surface area (Å²) in [5.74, 6) is 0. The number of nitrogens with one attached hydrogen (secondary N) is 1. The minimum absolute atomic E-state index is 1.13. The van der Waals surface area contributed by atoms with Crippen LogP contribution in [0.2, 0.25) is 0 Å². The lowest BCUT2D eigenvalue weighted by Crippen LogP contribution is -1.85. The lowest BCUT2D eigenvalue weighted by atomic mass is 9.97. The molecule has 0 aliphatic rings. The molecule has 0 aliphatic heterocycles. The van der Waals surface area contributed by atoms with Gasteiger partial charge in [-0.3, -0.25) is 0 Å². The van der Waals surface area contributed by atoms with Gasteiger partial charge in [0.1, 0.15) is 0 Å². The van der Waals surface area contributed by atoms with Crippen LogP contribution in [0.15, 0.2) is 85.5 Å². The first-order valence-corrected chi connectivity index (χ1v) is 9.70. The van der Waals surface area contributed by atoms with Crippen LogP contribution in [-0.4, -0.2) is 4.98 Å². The fourth-order valence-corrected chi connectivity index (χ4v) is 3.90. The van der Waals surface area contributed by atoms with E-state index in [-0.39, 0.29) is 0 Å². The average Bonchev–Trinajstić information content (AvgIpc) is 3.09. The van der Waals surface area contributed by atoms with Crippen molar-refractivity contribution in [1.29, 1.82) is 0 Å². The molecule has 1 nitrogen and oxygen atoms in total. The number of aromatic nitrogens is 1. The first kappa shape index (κ1) is 18.1. The lowest BCUT2D eigenvalue weighted by molar-refractivity contribution is 1.41. The summed E-state index contributed by atoms with van der Waals surface area (Å²) in [5.41, 5.74) is 9.76. The number of benzene rings is 3. The van der Waals surface area contributed by atoms with E-state index in [1.54, 1.807) is 0 Å². The maximum absolute atomic E-state index is 4.01. The molecule has 1 aromatic heterocycles. The highest BCUT2D eigenvalue weighted by atomic mass is 14.7. The summed E-state index contributed by atoms with van der Waals surface area (Å²) in [6, 6.07) is 19.7. The number of aromatic amines is 1. The highest BCUT2D eigenvalue weighted by molar-refractivity contribution is 6.11. The summed E-state index contributed by atoms with van der Waals surface area (Å²) in [6.45, 7) is 10.4. The SMILES string of the molecule is C=C/C(=C\C=C/C)c1cc(C)c2[nH]c3c(C)cc(-c4ccccc4)cc3c2c1. The molecular formula is C27H25N. The zero-order valence-corrected chi connectivity index (χ0v) is 16.7. The number of hydrogen-bond donors (Lipinski definition) is 1. The van der Waals surface area contributed by atoms with E-state index in [0.717, 1.165) is 5.57 Å². The summed E-state index contributed by atoms with van der Waals surface area (Å²) >= 11 is 0. The minimum atomic E-state index is 1.13. The molecule has 0 fully saturated rings. The fourth-order valence-electron chi connectivity index (χ4n) is 3.90. The van der Waals surface area contributed by atoms with Gasteiger partial charge in [0.05, 0.1) is 0 Å². The van der Waals surface area contributed by atoms with E-state index < -0.39 is 0 Å². The zero-order valence-electron chi connectivity index (χ0n) is 16.7. The molecule has 1 heterocycles. The molecule has 0 radical (unpaired) electrons. The molecule has 0 saturated carbocycles. The second kappa shape index (κ2) is 7.36. The maximum Gasteiger partial charge on any atom is 0.0495 e. The quantitative estimate of drug-likeness (QED) is 0.357. The van der Waals surface area contributed by atoms with Gasteiger partial charge in [0.15, 0.2) is 0 Å². The largest absolute Gasteiger partial charge is 0.354 e. The van der Waals surface area contributed by atoms with Crippen molar-refractivity contribution in [1.82, 2.24) is 4.98 Å². The Morgan fingerprint density at radius 2 is 1.54 bits per heavy atom. The molecule has 1 N–H and O–H groups in total. The summed E-state index contributed by atoms with van der Waals surface area (Å²) in [5, 5.41) is 2.53. The smallest absolute Gasteiger partial charge is 0.0495 e. The number of fused-ring (bicyclic) bond motifs is 3. The van der Waals surface area contributed by atoms with Gasteiger partial charge in [-0.15, -0.1) is 0 Å². The Morgan fingerprint density at radius 3 is 2.21 bits per heavy atom. The van der Waals surface area contributed by atoms with Crippen molar-refractivity contribution in [3.8, 4) is 11.1 Å². The van der Waals surface area contributed by atoms with Crippen LogP contribution >= 0.6 is 0 Å². The van der Waals surface area contributed by atoms with Crippen LogP contribution in [0.25, 0.3) is 38.5 Å². The number of rotatable bonds is 4. The van der Waals surface area contributed by atoms with Gasteiger partial charge in [0, 0.05) is 21.8 Å². The van der Waals surface area contributed by atoms with Crippen LogP contribution in [0.5, 0.6) is 0 Å². The molecule has 3 aromatic carbocycles. The summed E-state index contributed by atoms with van der Waals surface area (Å²) in [4.78, 5) is 3.66. The second-order valence-corrected chi connectivity index (χ2v) is 7.27. The van der Waals surface area contributed by atoms with Crippen molar-refractivity contribution in [3.63, 3.8) is 0 Å². The van der Waals surface area contributed by atoms with Crippen LogP contribution < -0.4 is 0 Å². The van der Waals surface area contributed by atoms with Crippen LogP contribution in [0, 0.1) is 13.8 Å². The highest BCUT2D eigenvalue weighted by Gasteiger charge is 2.12. The van der Waals surface area contributed by atoms with E-state index in [2.05, 4.69) is 92.2 Å². The first-order valence-electron chi connectivity index (χ1n) is 9.70. The van der Waals surface area contributed by atoms with Crippen LogP contribution in [-0.2, 0) is 0 Å². The van der Waals surface area contributed by atoms with Gasteiger partial charge in [-0.1, -0.05) is 61.2 Å². The Morgan fingerprint density at radius 1 is 0.857 bits per heavy atom.